The first-order valence-corrected chi connectivity index (χ1v) is 8.26. The number of hydrogen-bond acceptors (Lipinski definition) is 2. The molecule has 1 saturated heterocycles. The van der Waals surface area contributed by atoms with E-state index in [4.69, 9.17) is 0 Å². The second-order valence-corrected chi connectivity index (χ2v) is 6.51. The molecule has 2 N–H and O–H groups in total. The van der Waals surface area contributed by atoms with E-state index >= 15 is 0 Å². The van der Waals surface area contributed by atoms with E-state index in [-0.39, 0.29) is 5.91 Å². The van der Waals surface area contributed by atoms with Gasteiger partial charge < -0.3 is 10.6 Å². The predicted molar refractivity (Wildman–Crippen MR) is 79.0 cm³/mol. The van der Waals surface area contributed by atoms with Crippen molar-refractivity contribution in [1.29, 1.82) is 0 Å². The van der Waals surface area contributed by atoms with Gasteiger partial charge in [0.1, 0.15) is 0 Å². The summed E-state index contributed by atoms with van der Waals surface area (Å²) in [7, 11) is 0. The second kappa shape index (κ2) is 7.88. The fraction of sp³-hybridized carbons (Fsp3) is 0.938. The molecule has 2 aliphatic rings. The van der Waals surface area contributed by atoms with Crippen LogP contribution >= 0.6 is 0 Å². The topological polar surface area (TPSA) is 41.1 Å². The highest BCUT2D eigenvalue weighted by atomic mass is 16.1. The average molecular weight is 266 g/mol. The molecule has 0 aromatic carbocycles. The number of amides is 1. The summed E-state index contributed by atoms with van der Waals surface area (Å²) in [5.41, 5.74) is 0. The molecule has 1 heterocycles. The Morgan fingerprint density at radius 3 is 2.68 bits per heavy atom. The molecular formula is C16H30N2O. The molecule has 1 amide bonds. The van der Waals surface area contributed by atoms with Gasteiger partial charge in [-0.2, -0.15) is 0 Å². The molecule has 0 radical (unpaired) electrons. The zero-order valence-corrected chi connectivity index (χ0v) is 12.4. The summed E-state index contributed by atoms with van der Waals surface area (Å²) < 4.78 is 0. The van der Waals surface area contributed by atoms with E-state index < -0.39 is 0 Å². The van der Waals surface area contributed by atoms with Crippen molar-refractivity contribution in [2.45, 2.75) is 70.8 Å². The van der Waals surface area contributed by atoms with E-state index in [1.54, 1.807) is 0 Å². The van der Waals surface area contributed by atoms with Gasteiger partial charge >= 0.3 is 0 Å². The Balaban J connectivity index is 1.58. The van der Waals surface area contributed by atoms with Crippen molar-refractivity contribution < 1.29 is 4.79 Å². The third-order valence-electron chi connectivity index (χ3n) is 4.98. The molecule has 2 fully saturated rings. The summed E-state index contributed by atoms with van der Waals surface area (Å²) in [6.07, 6.45) is 10.9. The van der Waals surface area contributed by atoms with Crippen LogP contribution in [0.2, 0.25) is 0 Å². The summed E-state index contributed by atoms with van der Waals surface area (Å²) in [6.45, 7) is 4.37. The lowest BCUT2D eigenvalue weighted by molar-refractivity contribution is -0.121. The molecule has 3 unspecified atom stereocenters. The van der Waals surface area contributed by atoms with Gasteiger partial charge in [0, 0.05) is 19.0 Å². The Morgan fingerprint density at radius 2 is 1.95 bits per heavy atom. The molecule has 3 heteroatoms. The molecule has 1 saturated carbocycles. The highest BCUT2D eigenvalue weighted by Crippen LogP contribution is 2.28. The van der Waals surface area contributed by atoms with Gasteiger partial charge in [-0.15, -0.1) is 0 Å². The molecule has 1 aliphatic heterocycles. The largest absolute Gasteiger partial charge is 0.356 e. The van der Waals surface area contributed by atoms with Crippen LogP contribution in [-0.2, 0) is 4.79 Å². The summed E-state index contributed by atoms with van der Waals surface area (Å²) in [5.74, 6) is 1.75. The van der Waals surface area contributed by atoms with E-state index in [0.29, 0.717) is 18.4 Å². The van der Waals surface area contributed by atoms with Crippen LogP contribution in [0.1, 0.15) is 64.7 Å². The standard InChI is InChI=1S/C16H30N2O/c1-13-6-2-3-7-14(13)12-18-16(19)10-9-15-8-4-5-11-17-15/h13-15,17H,2-12H2,1H3,(H,18,19). The van der Waals surface area contributed by atoms with Gasteiger partial charge in [0.05, 0.1) is 0 Å². The fourth-order valence-electron chi connectivity index (χ4n) is 3.51. The summed E-state index contributed by atoms with van der Waals surface area (Å²) >= 11 is 0. The zero-order valence-electron chi connectivity index (χ0n) is 12.4. The van der Waals surface area contributed by atoms with Crippen LogP contribution in [0.15, 0.2) is 0 Å². The van der Waals surface area contributed by atoms with Gasteiger partial charge in [-0.25, -0.2) is 0 Å². The molecule has 0 bridgehead atoms. The third-order valence-corrected chi connectivity index (χ3v) is 4.98. The molecule has 0 spiro atoms. The first-order chi connectivity index (χ1) is 9.25. The fourth-order valence-corrected chi connectivity index (χ4v) is 3.51. The Bertz CT molecular complexity index is 274. The van der Waals surface area contributed by atoms with Gasteiger partial charge in [-0.3, -0.25) is 4.79 Å². The highest BCUT2D eigenvalue weighted by molar-refractivity contribution is 5.75. The van der Waals surface area contributed by atoms with E-state index in [0.717, 1.165) is 25.4 Å². The van der Waals surface area contributed by atoms with Crippen LogP contribution in [0.3, 0.4) is 0 Å². The Morgan fingerprint density at radius 1 is 1.16 bits per heavy atom. The Hall–Kier alpha value is -0.570. The average Bonchev–Trinajstić information content (AvgIpc) is 2.45. The number of carbonyl (C=O) groups is 1. The minimum atomic E-state index is 0.255. The maximum absolute atomic E-state index is 11.9. The van der Waals surface area contributed by atoms with Crippen LogP contribution in [0.25, 0.3) is 0 Å². The minimum Gasteiger partial charge on any atom is -0.356 e. The van der Waals surface area contributed by atoms with Crippen molar-refractivity contribution in [3.63, 3.8) is 0 Å². The molecule has 110 valence electrons. The molecule has 3 nitrogen and oxygen atoms in total. The van der Waals surface area contributed by atoms with Gasteiger partial charge in [-0.1, -0.05) is 32.6 Å². The van der Waals surface area contributed by atoms with Crippen molar-refractivity contribution in [2.24, 2.45) is 11.8 Å². The minimum absolute atomic E-state index is 0.255. The maximum Gasteiger partial charge on any atom is 0.220 e. The van der Waals surface area contributed by atoms with Crippen molar-refractivity contribution in [3.8, 4) is 0 Å². The zero-order chi connectivity index (χ0) is 13.5. The van der Waals surface area contributed by atoms with Crippen molar-refractivity contribution in [2.75, 3.05) is 13.1 Å². The lowest BCUT2D eigenvalue weighted by Gasteiger charge is -2.29. The molecular weight excluding hydrogens is 236 g/mol. The number of nitrogens with one attached hydrogen (secondary N) is 2. The maximum atomic E-state index is 11.9. The molecule has 2 rings (SSSR count). The molecule has 19 heavy (non-hydrogen) atoms. The molecule has 3 atom stereocenters. The van der Waals surface area contributed by atoms with Gasteiger partial charge in [0.2, 0.25) is 5.91 Å². The lowest BCUT2D eigenvalue weighted by Crippen LogP contribution is -2.37. The van der Waals surface area contributed by atoms with Crippen LogP contribution in [0.5, 0.6) is 0 Å². The van der Waals surface area contributed by atoms with Crippen LogP contribution in [0.4, 0.5) is 0 Å². The number of rotatable bonds is 5. The van der Waals surface area contributed by atoms with E-state index in [1.165, 1.54) is 44.9 Å². The van der Waals surface area contributed by atoms with Gasteiger partial charge in [-0.05, 0) is 44.1 Å². The SMILES string of the molecule is CC1CCCCC1CNC(=O)CCC1CCCCN1. The Labute approximate surface area is 117 Å². The normalized spacial score (nSPS) is 31.9. The predicted octanol–water partition coefficient (Wildman–Crippen LogP) is 2.85. The van der Waals surface area contributed by atoms with Gasteiger partial charge in [0.25, 0.3) is 0 Å². The Kier molecular flexibility index (Phi) is 6.15. The molecule has 1 aliphatic carbocycles. The molecule has 0 aromatic rings. The second-order valence-electron chi connectivity index (χ2n) is 6.51. The van der Waals surface area contributed by atoms with Gasteiger partial charge in [0.15, 0.2) is 0 Å². The third kappa shape index (κ3) is 5.13. The van der Waals surface area contributed by atoms with E-state index in [9.17, 15) is 4.79 Å². The smallest absolute Gasteiger partial charge is 0.220 e. The van der Waals surface area contributed by atoms with Crippen molar-refractivity contribution in [1.82, 2.24) is 10.6 Å². The summed E-state index contributed by atoms with van der Waals surface area (Å²) in [6, 6.07) is 0.577. The number of carbonyl (C=O) groups excluding carboxylic acids is 1. The first-order valence-electron chi connectivity index (χ1n) is 8.26. The highest BCUT2D eigenvalue weighted by Gasteiger charge is 2.21. The summed E-state index contributed by atoms with van der Waals surface area (Å²) in [4.78, 5) is 11.9. The number of hydrogen-bond donors (Lipinski definition) is 2. The monoisotopic (exact) mass is 266 g/mol. The van der Waals surface area contributed by atoms with Crippen LogP contribution in [0, 0.1) is 11.8 Å². The van der Waals surface area contributed by atoms with Crippen LogP contribution < -0.4 is 10.6 Å². The van der Waals surface area contributed by atoms with Crippen molar-refractivity contribution in [3.05, 3.63) is 0 Å². The number of piperidine rings is 1. The lowest BCUT2D eigenvalue weighted by atomic mass is 9.80. The first kappa shape index (κ1) is 14.8. The molecule has 0 aromatic heterocycles. The van der Waals surface area contributed by atoms with Crippen LogP contribution in [-0.4, -0.2) is 25.0 Å². The quantitative estimate of drug-likeness (QED) is 0.803. The van der Waals surface area contributed by atoms with E-state index in [2.05, 4.69) is 17.6 Å². The van der Waals surface area contributed by atoms with E-state index in [1.807, 2.05) is 0 Å². The summed E-state index contributed by atoms with van der Waals surface area (Å²) in [5, 5.41) is 6.66. The van der Waals surface area contributed by atoms with Crippen molar-refractivity contribution >= 4 is 5.91 Å².